The summed E-state index contributed by atoms with van der Waals surface area (Å²) in [4.78, 5) is 58.5. The Kier molecular flexibility index (Phi) is 75.9. The molecule has 2 unspecified atom stereocenters. The lowest BCUT2D eigenvalue weighted by Gasteiger charge is -2.21. The Hall–Kier alpha value is -11.6. The molecule has 5 N–H and O–H groups in total. The molecule has 0 radical (unpaired) electrons. The lowest BCUT2D eigenvalue weighted by atomic mass is 10.1. The minimum atomic E-state index is 0.463. The molecule has 21 rings (SSSR count). The predicted octanol–water partition coefficient (Wildman–Crippen LogP) is 13.9. The van der Waals surface area contributed by atoms with E-state index in [4.69, 9.17) is 4.74 Å². The first kappa shape index (κ1) is 119. The zero-order valence-electron chi connectivity index (χ0n) is 81.8. The van der Waals surface area contributed by atoms with Crippen molar-refractivity contribution < 1.29 is 13.8 Å². The van der Waals surface area contributed by atoms with Gasteiger partial charge < -0.3 is 53.7 Å². The maximum Gasteiger partial charge on any atom is 0.223 e. The van der Waals surface area contributed by atoms with E-state index in [-0.39, 0.29) is 0 Å². The maximum atomic E-state index is 5.10. The van der Waals surface area contributed by atoms with Gasteiger partial charge in [0.15, 0.2) is 6.33 Å². The predicted molar refractivity (Wildman–Crippen MR) is 536 cm³/mol. The smallest absolute Gasteiger partial charge is 0.223 e. The fourth-order valence-electron chi connectivity index (χ4n) is 9.06. The number of imidazole rings is 3. The fourth-order valence-corrected chi connectivity index (χ4v) is 11.3. The molecule has 7 aliphatic rings. The molecule has 5 saturated heterocycles. The van der Waals surface area contributed by atoms with E-state index in [0.717, 1.165) is 96.4 Å². The van der Waals surface area contributed by atoms with Crippen LogP contribution < -0.4 is 15.4 Å². The van der Waals surface area contributed by atoms with Crippen LogP contribution in [-0.2, 0) is 32.9 Å². The summed E-state index contributed by atoms with van der Waals surface area (Å²) in [6.07, 6.45) is 58.5. The first-order valence-electron chi connectivity index (χ1n) is 43.6. The number of nitrogens with zero attached hydrogens (tertiary/aromatic N) is 31. The second-order valence-corrected chi connectivity index (χ2v) is 33.0. The summed E-state index contributed by atoms with van der Waals surface area (Å²) in [5, 5.41) is 41.4. The van der Waals surface area contributed by atoms with Crippen LogP contribution in [0.15, 0.2) is 228 Å². The minimum absolute atomic E-state index is 0.463. The first-order valence-corrected chi connectivity index (χ1v) is 47.0. The highest BCUT2D eigenvalue weighted by Crippen LogP contribution is 2.11. The molecule has 39 nitrogen and oxygen atoms in total. The lowest BCUT2D eigenvalue weighted by molar-refractivity contribution is 0.0503. The number of hydrogen-bond donors (Lipinski definition) is 5. The molecule has 0 saturated carbocycles. The van der Waals surface area contributed by atoms with Crippen LogP contribution in [0.25, 0.3) is 0 Å². The Bertz CT molecular complexity index is 3890. The number of aromatic nitrogens is 28. The molecule has 0 amide bonds. The van der Waals surface area contributed by atoms with Crippen LogP contribution in [0.3, 0.4) is 0 Å². The van der Waals surface area contributed by atoms with Gasteiger partial charge in [0.1, 0.15) is 48.2 Å². The number of morpholine rings is 1. The molecular formula is C90H146N36O3S4. The molecule has 5 fully saturated rings. The standard InChI is InChI=1S/C6H7N.2C6H13N.C6H8.C5H12N2.2C5H6N2.C5H11NO.5C4H6N2.C4H5NO.C4H5NS.C4H9NS.C3H5N3.C3H4N2O.2C3H4N2S.C2H4N4/c1-6-3-2-4-7-5-6;1-7-5-3-2-4-6-7;1-6-4-2-3-5-7-6;1-6-4-2-3-5-6;1-7-4-2-6-3-5-7;1-5-4-6-2-3-7-5;1-5-2-3-6-4-7-5;1-6-2-4-7-5-3-6;1-4-2-5-3-6-4;1-4-2-5-6-3-4;1-6-3-2-5-4-6;1-6-4-2-3-5-6;1-4-5-2-3-6-4;1-4-2-3-5-6-4;1-4-2-6-3-5-4;1-4-2-5-6-3-4;1-6-3-4-2-5-6;2*1-3-4-2-5-6-3;1-3-2-4-6-5-3;1-6-2-3-4-5-6/h2-5H,1H3;2-6H2,1H3;6-7H,2-5H2,1H3;2-4H,5H2,1H3;6H,2-5H2,1H3;2*2-4H,1H3;2-5H2,1H3;2-3H,1H3,(H,5,6);3*2-4H,1H3;2-3H,1H3,(H,5,6);2*2-3H,1H3;4-5H,2-3H2,1H3;2-3H,1H3;4*2H,1H3. The van der Waals surface area contributed by atoms with Crippen molar-refractivity contribution in [1.29, 1.82) is 0 Å². The van der Waals surface area contributed by atoms with Crippen LogP contribution in [0.1, 0.15) is 129 Å². The van der Waals surface area contributed by atoms with E-state index in [0.29, 0.717) is 11.8 Å². The number of likely N-dealkylation sites (tertiary alicyclic amines) is 1. The summed E-state index contributed by atoms with van der Waals surface area (Å²) in [6, 6.07) is 10.3. The largest absolute Gasteiger partial charge is 0.379 e. The number of aromatic amines is 2. The quantitative estimate of drug-likeness (QED) is 0.0880. The van der Waals surface area contributed by atoms with Gasteiger partial charge in [-0.15, -0.1) is 16.4 Å². The molecule has 14 aromatic heterocycles. The number of rotatable bonds is 0. The van der Waals surface area contributed by atoms with Gasteiger partial charge in [0.05, 0.1) is 66.9 Å². The van der Waals surface area contributed by atoms with Gasteiger partial charge >= 0.3 is 0 Å². The number of thiazole rings is 1. The number of allylic oxidation sites excluding steroid dienone is 4. The molecule has 0 aromatic carbocycles. The molecule has 0 spiro atoms. The summed E-state index contributed by atoms with van der Waals surface area (Å²) in [5.41, 5.74) is 9.69. The lowest BCUT2D eigenvalue weighted by Crippen LogP contribution is -2.40. The molecule has 14 aromatic rings. The van der Waals surface area contributed by atoms with Gasteiger partial charge in [0.25, 0.3) is 0 Å². The zero-order valence-corrected chi connectivity index (χ0v) is 85.1. The van der Waals surface area contributed by atoms with Gasteiger partial charge in [0, 0.05) is 220 Å². The van der Waals surface area contributed by atoms with Gasteiger partial charge in [-0.3, -0.25) is 34.0 Å². The number of H-pyrrole nitrogens is 2. The summed E-state index contributed by atoms with van der Waals surface area (Å²) in [6.45, 7) is 41.7. The minimum Gasteiger partial charge on any atom is -0.379 e. The van der Waals surface area contributed by atoms with E-state index in [1.165, 1.54) is 154 Å². The van der Waals surface area contributed by atoms with Gasteiger partial charge in [-0.05, 0) is 201 Å². The highest BCUT2D eigenvalue weighted by Gasteiger charge is 2.08. The molecule has 6 aliphatic heterocycles. The number of tetrazole rings is 1. The van der Waals surface area contributed by atoms with Crippen molar-refractivity contribution in [3.05, 3.63) is 265 Å². The van der Waals surface area contributed by atoms with Crippen LogP contribution in [0.5, 0.6) is 0 Å². The van der Waals surface area contributed by atoms with Crippen LogP contribution in [0.2, 0.25) is 0 Å². The molecule has 2 atom stereocenters. The fraction of sp³-hybridized carbons (Fsp3) is 0.489. The normalized spacial score (nSPS) is 14.8. The van der Waals surface area contributed by atoms with Crippen LogP contribution in [-0.4, -0.2) is 276 Å². The van der Waals surface area contributed by atoms with Crippen LogP contribution in [0, 0.1) is 81.1 Å². The van der Waals surface area contributed by atoms with Gasteiger partial charge in [-0.25, -0.2) is 39.6 Å². The number of pyridine rings is 1. The number of likely N-dealkylation sites (N-methyl/N-ethyl adjacent to an activating group) is 2. The topological polar surface area (TPSA) is 441 Å². The Morgan fingerprint density at radius 1 is 0.526 bits per heavy atom. The number of piperidine rings is 2. The van der Waals surface area contributed by atoms with Crippen LogP contribution >= 0.6 is 46.5 Å². The van der Waals surface area contributed by atoms with Crippen molar-refractivity contribution in [2.45, 2.75) is 148 Å². The third kappa shape index (κ3) is 83.2. The number of hydrogen-bond acceptors (Lipinski definition) is 37. The Morgan fingerprint density at radius 2 is 1.29 bits per heavy atom. The highest BCUT2D eigenvalue weighted by atomic mass is 32.2. The zero-order chi connectivity index (χ0) is 97.5. The monoisotopic (exact) mass is 1910 g/mol. The third-order valence-corrected chi connectivity index (χ3v) is 19.5. The molecular weight excluding hydrogens is 1760 g/mol. The number of piperazine rings is 1. The molecule has 20 heterocycles. The van der Waals surface area contributed by atoms with Gasteiger partial charge in [0.2, 0.25) is 5.89 Å². The average Bonchev–Trinajstić information content (AvgIpc) is 1.64. The van der Waals surface area contributed by atoms with Gasteiger partial charge in [-0.2, -0.15) is 38.5 Å². The number of nitrogens with one attached hydrogen (secondary N) is 5. The molecule has 0 bridgehead atoms. The van der Waals surface area contributed by atoms with Crippen molar-refractivity contribution >= 4 is 59.0 Å². The summed E-state index contributed by atoms with van der Waals surface area (Å²) < 4.78 is 35.5. The van der Waals surface area contributed by atoms with Crippen molar-refractivity contribution in [1.82, 2.24) is 168 Å². The van der Waals surface area contributed by atoms with E-state index < -0.39 is 0 Å². The van der Waals surface area contributed by atoms with Crippen LogP contribution in [0.4, 0.5) is 0 Å². The van der Waals surface area contributed by atoms with Gasteiger partial charge in [-0.1, -0.05) is 78.8 Å². The average molecular weight is 1910 g/mol. The molecule has 728 valence electrons. The second-order valence-electron chi connectivity index (χ2n) is 29.8. The highest BCUT2D eigenvalue weighted by molar-refractivity contribution is 7.97. The Labute approximate surface area is 804 Å². The Balaban J connectivity index is 0.000000698. The molecule has 1 aliphatic carbocycles. The third-order valence-electron chi connectivity index (χ3n) is 16.5. The number of ether oxygens (including phenoxy) is 1. The SMILES string of the molecule is CC1=CC=CC1.CC1C=NN=C1.CC1CCCCN1.CC1CNSC1.CN1CCCCC1.CN1CCNCC1.CN1CCOCC1.Cc1cccnc1.Cc1ccncn1.Cc1ccno1.Cc1cnc[nH]1.Cc1cnccn1.Cc1cnsn1.Cc1cscn1.Cc1ncc[nH]1.Cc1ncno1.Cc1ncns1.Cn1cccn1.Cn1ccnc1.Cn1cncn1.Cn1cnnn1. The van der Waals surface area contributed by atoms with E-state index in [1.54, 1.807) is 153 Å². The van der Waals surface area contributed by atoms with E-state index >= 15 is 0 Å². The second kappa shape index (κ2) is 84.6. The van der Waals surface area contributed by atoms with Crippen molar-refractivity contribution in [2.24, 2.45) is 50.2 Å². The molecule has 133 heavy (non-hydrogen) atoms. The Morgan fingerprint density at radius 3 is 1.50 bits per heavy atom. The summed E-state index contributed by atoms with van der Waals surface area (Å²) >= 11 is 6.12. The van der Waals surface area contributed by atoms with E-state index in [1.807, 2.05) is 161 Å². The first-order chi connectivity index (χ1) is 64.3. The van der Waals surface area contributed by atoms with Crippen molar-refractivity contribution in [3.8, 4) is 0 Å². The summed E-state index contributed by atoms with van der Waals surface area (Å²) in [5.74, 6) is 5.08. The maximum absolute atomic E-state index is 5.10. The van der Waals surface area contributed by atoms with E-state index in [2.05, 4.69) is 228 Å². The molecule has 43 heteroatoms. The van der Waals surface area contributed by atoms with Crippen molar-refractivity contribution in [3.63, 3.8) is 0 Å². The van der Waals surface area contributed by atoms with E-state index in [9.17, 15) is 0 Å². The summed E-state index contributed by atoms with van der Waals surface area (Å²) in [7, 11) is 13.9. The number of aryl methyl sites for hydroxylation is 14. The van der Waals surface area contributed by atoms with Crippen molar-refractivity contribution in [2.75, 3.05) is 106 Å².